The number of carbonyl (C=O) groups is 1. The third-order valence-corrected chi connectivity index (χ3v) is 6.47. The summed E-state index contributed by atoms with van der Waals surface area (Å²) in [5, 5.41) is 1.56. The molecule has 1 aromatic heterocycles. The summed E-state index contributed by atoms with van der Waals surface area (Å²) in [4.78, 5) is 11.6. The van der Waals surface area contributed by atoms with Gasteiger partial charge in [-0.15, -0.1) is 11.3 Å². The maximum atomic E-state index is 14.6. The van der Waals surface area contributed by atoms with Crippen molar-refractivity contribution in [3.8, 4) is 21.9 Å². The van der Waals surface area contributed by atoms with Crippen LogP contribution in [0.4, 0.5) is 17.6 Å². The van der Waals surface area contributed by atoms with Crippen LogP contribution in [-0.4, -0.2) is 26.4 Å². The number of carbonyl (C=O) groups excluding carboxylic acids is 1. The molecule has 1 unspecified atom stereocenters. The molecule has 1 atom stereocenters. The summed E-state index contributed by atoms with van der Waals surface area (Å²) in [6.07, 6.45) is -3.88. The Morgan fingerprint density at radius 1 is 1.09 bits per heavy atom. The molecule has 0 bridgehead atoms. The molecule has 0 amide bonds. The second kappa shape index (κ2) is 10.9. The quantitative estimate of drug-likeness (QED) is 0.238. The molecule has 9 heteroatoms. The molecule has 4 nitrogen and oxygen atoms in total. The highest BCUT2D eigenvalue weighted by atomic mass is 32.1. The van der Waals surface area contributed by atoms with E-state index in [1.165, 1.54) is 32.4 Å². The molecule has 0 aliphatic heterocycles. The fourth-order valence-corrected chi connectivity index (χ4v) is 4.64. The summed E-state index contributed by atoms with van der Waals surface area (Å²) in [5.41, 5.74) is 1.18. The maximum absolute atomic E-state index is 14.6. The number of benzene rings is 2. The monoisotopic (exact) mass is 496 g/mol. The van der Waals surface area contributed by atoms with E-state index >= 15 is 0 Å². The SMILES string of the molecule is COC(=O)CCc1cccc(OCc2csc(-c3cc(OC)ccc3F)c2C(C)C(F)(F)F)c1. The normalized spacial score (nSPS) is 12.3. The summed E-state index contributed by atoms with van der Waals surface area (Å²) in [6.45, 7) is 0.929. The van der Waals surface area contributed by atoms with E-state index in [1.807, 2.05) is 6.07 Å². The zero-order valence-corrected chi connectivity index (χ0v) is 19.7. The summed E-state index contributed by atoms with van der Waals surface area (Å²) >= 11 is 1.03. The van der Waals surface area contributed by atoms with Crippen molar-refractivity contribution in [2.45, 2.75) is 38.5 Å². The van der Waals surface area contributed by atoms with Crippen molar-refractivity contribution in [3.63, 3.8) is 0 Å². The molecule has 182 valence electrons. The molecule has 0 saturated carbocycles. The van der Waals surface area contributed by atoms with Crippen LogP contribution in [0.3, 0.4) is 0 Å². The number of alkyl halides is 3. The largest absolute Gasteiger partial charge is 0.497 e. The molecular formula is C25H24F4O4S. The number of ether oxygens (including phenoxy) is 3. The summed E-state index contributed by atoms with van der Waals surface area (Å²) in [5.74, 6) is -2.01. The van der Waals surface area contributed by atoms with Crippen LogP contribution < -0.4 is 9.47 Å². The highest BCUT2D eigenvalue weighted by Gasteiger charge is 2.40. The number of methoxy groups -OCH3 is 2. The lowest BCUT2D eigenvalue weighted by Crippen LogP contribution is -2.19. The molecule has 2 aromatic carbocycles. The highest BCUT2D eigenvalue weighted by molar-refractivity contribution is 7.14. The minimum Gasteiger partial charge on any atom is -0.497 e. The number of hydrogen-bond acceptors (Lipinski definition) is 5. The Kier molecular flexibility index (Phi) is 8.19. The topological polar surface area (TPSA) is 44.8 Å². The molecule has 0 aliphatic rings. The van der Waals surface area contributed by atoms with Crippen molar-refractivity contribution >= 4 is 17.3 Å². The first-order chi connectivity index (χ1) is 16.1. The van der Waals surface area contributed by atoms with Gasteiger partial charge >= 0.3 is 12.1 Å². The number of esters is 1. The van der Waals surface area contributed by atoms with E-state index < -0.39 is 17.9 Å². The van der Waals surface area contributed by atoms with Gasteiger partial charge in [-0.05, 0) is 60.2 Å². The van der Waals surface area contributed by atoms with Crippen LogP contribution >= 0.6 is 11.3 Å². The fourth-order valence-electron chi connectivity index (χ4n) is 3.47. The Morgan fingerprint density at radius 2 is 1.85 bits per heavy atom. The van der Waals surface area contributed by atoms with Gasteiger partial charge in [-0.25, -0.2) is 4.39 Å². The van der Waals surface area contributed by atoms with E-state index in [9.17, 15) is 22.4 Å². The first-order valence-corrected chi connectivity index (χ1v) is 11.3. The summed E-state index contributed by atoms with van der Waals surface area (Å²) < 4.78 is 71.4. The van der Waals surface area contributed by atoms with Gasteiger partial charge in [0.05, 0.1) is 20.1 Å². The van der Waals surface area contributed by atoms with Crippen molar-refractivity contribution in [2.24, 2.45) is 0 Å². The summed E-state index contributed by atoms with van der Waals surface area (Å²) in [7, 11) is 2.72. The fraction of sp³-hybridized carbons (Fsp3) is 0.320. The number of halogens is 4. The third kappa shape index (κ3) is 6.08. The third-order valence-electron chi connectivity index (χ3n) is 5.39. The van der Waals surface area contributed by atoms with Crippen LogP contribution in [0.1, 0.15) is 36.0 Å². The predicted molar refractivity (Wildman–Crippen MR) is 122 cm³/mol. The van der Waals surface area contributed by atoms with E-state index in [0.29, 0.717) is 23.5 Å². The van der Waals surface area contributed by atoms with Crippen molar-refractivity contribution in [1.29, 1.82) is 0 Å². The first kappa shape index (κ1) is 25.6. The van der Waals surface area contributed by atoms with Gasteiger partial charge in [0, 0.05) is 22.4 Å². The molecule has 0 saturated heterocycles. The molecule has 0 spiro atoms. The number of rotatable bonds is 9. The van der Waals surface area contributed by atoms with Crippen molar-refractivity contribution < 1.29 is 36.6 Å². The van der Waals surface area contributed by atoms with Gasteiger partial charge in [0.2, 0.25) is 0 Å². The zero-order chi connectivity index (χ0) is 24.9. The number of aryl methyl sites for hydroxylation is 1. The van der Waals surface area contributed by atoms with E-state index in [0.717, 1.165) is 23.8 Å². The first-order valence-electron chi connectivity index (χ1n) is 10.4. The lowest BCUT2D eigenvalue weighted by atomic mass is 9.94. The second-order valence-corrected chi connectivity index (χ2v) is 8.50. The molecular weight excluding hydrogens is 472 g/mol. The van der Waals surface area contributed by atoms with E-state index in [1.54, 1.807) is 23.6 Å². The average molecular weight is 497 g/mol. The number of hydrogen-bond donors (Lipinski definition) is 0. The minimum atomic E-state index is -4.52. The Balaban J connectivity index is 1.90. The number of thiophene rings is 1. The van der Waals surface area contributed by atoms with Crippen molar-refractivity contribution in [2.75, 3.05) is 14.2 Å². The molecule has 1 heterocycles. The lowest BCUT2D eigenvalue weighted by Gasteiger charge is -2.19. The van der Waals surface area contributed by atoms with Crippen LogP contribution in [0.25, 0.3) is 10.4 Å². The van der Waals surface area contributed by atoms with E-state index in [-0.39, 0.29) is 35.0 Å². The minimum absolute atomic E-state index is 0.0218. The molecule has 3 aromatic rings. The van der Waals surface area contributed by atoms with E-state index in [2.05, 4.69) is 4.74 Å². The van der Waals surface area contributed by atoms with Crippen LogP contribution in [0.5, 0.6) is 11.5 Å². The van der Waals surface area contributed by atoms with Crippen molar-refractivity contribution in [1.82, 2.24) is 0 Å². The summed E-state index contributed by atoms with van der Waals surface area (Å²) in [6, 6.07) is 11.0. The Bertz CT molecular complexity index is 1140. The smallest absolute Gasteiger partial charge is 0.395 e. The van der Waals surface area contributed by atoms with Crippen LogP contribution in [0.2, 0.25) is 0 Å². The van der Waals surface area contributed by atoms with Crippen LogP contribution in [0.15, 0.2) is 47.8 Å². The van der Waals surface area contributed by atoms with Crippen molar-refractivity contribution in [3.05, 3.63) is 70.4 Å². The molecule has 0 fully saturated rings. The molecule has 0 aliphatic carbocycles. The lowest BCUT2D eigenvalue weighted by molar-refractivity contribution is -0.146. The molecule has 34 heavy (non-hydrogen) atoms. The van der Waals surface area contributed by atoms with Crippen LogP contribution in [0, 0.1) is 5.82 Å². The Morgan fingerprint density at radius 3 is 2.53 bits per heavy atom. The average Bonchev–Trinajstić information content (AvgIpc) is 3.24. The van der Waals surface area contributed by atoms with Gasteiger partial charge in [0.1, 0.15) is 23.9 Å². The van der Waals surface area contributed by atoms with Gasteiger partial charge in [-0.1, -0.05) is 12.1 Å². The van der Waals surface area contributed by atoms with Gasteiger partial charge in [0.15, 0.2) is 0 Å². The van der Waals surface area contributed by atoms with Gasteiger partial charge < -0.3 is 14.2 Å². The Labute approximate surface area is 199 Å². The van der Waals surface area contributed by atoms with Gasteiger partial charge in [-0.3, -0.25) is 4.79 Å². The molecule has 0 radical (unpaired) electrons. The second-order valence-electron chi connectivity index (χ2n) is 7.63. The molecule has 3 rings (SSSR count). The van der Waals surface area contributed by atoms with Gasteiger partial charge in [0.25, 0.3) is 0 Å². The maximum Gasteiger partial charge on any atom is 0.395 e. The van der Waals surface area contributed by atoms with Crippen LogP contribution in [-0.2, 0) is 22.6 Å². The van der Waals surface area contributed by atoms with E-state index in [4.69, 9.17) is 9.47 Å². The van der Waals surface area contributed by atoms with Gasteiger partial charge in [-0.2, -0.15) is 13.2 Å². The zero-order valence-electron chi connectivity index (χ0n) is 18.9. The highest BCUT2D eigenvalue weighted by Crippen LogP contribution is 2.45. The standard InChI is InChI=1S/C25H24F4O4S/c1-15(25(27,28)29)23-17(14-34-24(23)20-12-18(31-2)8-9-21(20)26)13-33-19-6-4-5-16(11-19)7-10-22(30)32-3/h4-6,8-9,11-12,14-15H,7,10,13H2,1-3H3. The predicted octanol–water partition coefficient (Wildman–Crippen LogP) is 6.91. The molecule has 0 N–H and O–H groups in total. The Hall–Kier alpha value is -3.07.